The second-order valence-electron chi connectivity index (χ2n) is 3.74. The smallest absolute Gasteiger partial charge is 0.157 e. The Hall–Kier alpha value is -1.48. The van der Waals surface area contributed by atoms with Gasteiger partial charge in [0.15, 0.2) is 11.5 Å². The monoisotopic (exact) mass is 207 g/mol. The third-order valence-electron chi connectivity index (χ3n) is 2.02. The van der Waals surface area contributed by atoms with Gasteiger partial charge in [-0.1, -0.05) is 17.7 Å². The minimum Gasteiger partial charge on any atom is -0.504 e. The summed E-state index contributed by atoms with van der Waals surface area (Å²) in [5.41, 5.74) is 2.23. The number of aromatic hydroxyl groups is 2. The van der Waals surface area contributed by atoms with Gasteiger partial charge in [-0.3, -0.25) is 0 Å². The number of rotatable bonds is 4. The summed E-state index contributed by atoms with van der Waals surface area (Å²) >= 11 is 0. The van der Waals surface area contributed by atoms with E-state index in [1.807, 2.05) is 13.8 Å². The molecule has 0 atom stereocenters. The fraction of sp³-hybridized carbons (Fsp3) is 0.333. The van der Waals surface area contributed by atoms with Crippen molar-refractivity contribution in [2.24, 2.45) is 0 Å². The standard InChI is InChI=1S/C12H17NO2/c1-9(2)5-6-13-8-10-3-4-11(14)12(15)7-10/h3-5,7,13-15H,6,8H2,1-2H3. The summed E-state index contributed by atoms with van der Waals surface area (Å²) in [6.07, 6.45) is 2.10. The summed E-state index contributed by atoms with van der Waals surface area (Å²) in [4.78, 5) is 0. The zero-order valence-electron chi connectivity index (χ0n) is 9.12. The lowest BCUT2D eigenvalue weighted by Crippen LogP contribution is -2.12. The van der Waals surface area contributed by atoms with E-state index in [0.717, 1.165) is 12.1 Å². The lowest BCUT2D eigenvalue weighted by molar-refractivity contribution is 0.403. The molecule has 15 heavy (non-hydrogen) atoms. The molecule has 0 radical (unpaired) electrons. The number of benzene rings is 1. The molecule has 0 fully saturated rings. The Kier molecular flexibility index (Phi) is 4.18. The van der Waals surface area contributed by atoms with Crippen molar-refractivity contribution in [1.82, 2.24) is 5.32 Å². The minimum atomic E-state index is -0.0805. The number of hydrogen-bond donors (Lipinski definition) is 3. The highest BCUT2D eigenvalue weighted by Crippen LogP contribution is 2.24. The first kappa shape index (κ1) is 11.6. The predicted octanol–water partition coefficient (Wildman–Crippen LogP) is 2.15. The Bertz CT molecular complexity index is 355. The number of nitrogens with one attached hydrogen (secondary N) is 1. The van der Waals surface area contributed by atoms with Crippen LogP contribution in [0, 0.1) is 0 Å². The van der Waals surface area contributed by atoms with Gasteiger partial charge in [0.2, 0.25) is 0 Å². The summed E-state index contributed by atoms with van der Waals surface area (Å²) in [5, 5.41) is 21.6. The summed E-state index contributed by atoms with van der Waals surface area (Å²) < 4.78 is 0. The zero-order valence-corrected chi connectivity index (χ0v) is 9.12. The molecule has 0 aromatic heterocycles. The van der Waals surface area contributed by atoms with Gasteiger partial charge in [-0.25, -0.2) is 0 Å². The lowest BCUT2D eigenvalue weighted by atomic mass is 10.2. The summed E-state index contributed by atoms with van der Waals surface area (Å²) in [7, 11) is 0. The third-order valence-corrected chi connectivity index (χ3v) is 2.02. The Morgan fingerprint density at radius 1 is 1.27 bits per heavy atom. The molecule has 0 aliphatic rings. The van der Waals surface area contributed by atoms with Crippen LogP contribution in [0.4, 0.5) is 0 Å². The zero-order chi connectivity index (χ0) is 11.3. The molecular weight excluding hydrogens is 190 g/mol. The van der Waals surface area contributed by atoms with Crippen LogP contribution in [-0.2, 0) is 6.54 Å². The number of hydrogen-bond acceptors (Lipinski definition) is 3. The second-order valence-corrected chi connectivity index (χ2v) is 3.74. The van der Waals surface area contributed by atoms with Crippen molar-refractivity contribution in [3.63, 3.8) is 0 Å². The molecule has 1 rings (SSSR count). The largest absolute Gasteiger partial charge is 0.504 e. The van der Waals surface area contributed by atoms with Crippen LogP contribution in [-0.4, -0.2) is 16.8 Å². The minimum absolute atomic E-state index is 0.0727. The van der Waals surface area contributed by atoms with Gasteiger partial charge in [0.05, 0.1) is 0 Å². The molecular formula is C12H17NO2. The highest BCUT2D eigenvalue weighted by Gasteiger charge is 1.99. The van der Waals surface area contributed by atoms with Crippen LogP contribution in [0.5, 0.6) is 11.5 Å². The molecule has 0 spiro atoms. The summed E-state index contributed by atoms with van der Waals surface area (Å²) in [5.74, 6) is -0.153. The van der Waals surface area contributed by atoms with E-state index in [1.165, 1.54) is 11.6 Å². The molecule has 0 aliphatic heterocycles. The molecule has 0 unspecified atom stereocenters. The van der Waals surface area contributed by atoms with Gasteiger partial charge in [0.1, 0.15) is 0 Å². The number of allylic oxidation sites excluding steroid dienone is 1. The van der Waals surface area contributed by atoms with Gasteiger partial charge in [-0.2, -0.15) is 0 Å². The van der Waals surface area contributed by atoms with E-state index in [2.05, 4.69) is 11.4 Å². The highest BCUT2D eigenvalue weighted by molar-refractivity contribution is 5.40. The van der Waals surface area contributed by atoms with E-state index in [9.17, 15) is 5.11 Å². The van der Waals surface area contributed by atoms with Crippen LogP contribution in [0.25, 0.3) is 0 Å². The van der Waals surface area contributed by atoms with Crippen LogP contribution in [0.2, 0.25) is 0 Å². The first-order valence-corrected chi connectivity index (χ1v) is 4.94. The number of phenols is 2. The van der Waals surface area contributed by atoms with E-state index in [-0.39, 0.29) is 11.5 Å². The van der Waals surface area contributed by atoms with Crippen molar-refractivity contribution in [2.45, 2.75) is 20.4 Å². The van der Waals surface area contributed by atoms with Crippen molar-refractivity contribution in [3.05, 3.63) is 35.4 Å². The third kappa shape index (κ3) is 4.04. The van der Waals surface area contributed by atoms with Gasteiger partial charge >= 0.3 is 0 Å². The van der Waals surface area contributed by atoms with Gasteiger partial charge in [-0.05, 0) is 31.5 Å². The average molecular weight is 207 g/mol. The average Bonchev–Trinajstić information content (AvgIpc) is 2.18. The van der Waals surface area contributed by atoms with Gasteiger partial charge in [0, 0.05) is 13.1 Å². The van der Waals surface area contributed by atoms with Crippen LogP contribution in [0.1, 0.15) is 19.4 Å². The lowest BCUT2D eigenvalue weighted by Gasteiger charge is -2.04. The van der Waals surface area contributed by atoms with E-state index >= 15 is 0 Å². The number of phenolic OH excluding ortho intramolecular Hbond substituents is 2. The van der Waals surface area contributed by atoms with Crippen molar-refractivity contribution in [3.8, 4) is 11.5 Å². The second kappa shape index (κ2) is 5.41. The molecule has 0 heterocycles. The first-order valence-electron chi connectivity index (χ1n) is 4.94. The molecule has 82 valence electrons. The Morgan fingerprint density at radius 3 is 2.60 bits per heavy atom. The molecule has 0 bridgehead atoms. The van der Waals surface area contributed by atoms with E-state index in [1.54, 1.807) is 12.1 Å². The SMILES string of the molecule is CC(C)=CCNCc1ccc(O)c(O)c1. The van der Waals surface area contributed by atoms with Crippen molar-refractivity contribution in [1.29, 1.82) is 0 Å². The van der Waals surface area contributed by atoms with Gasteiger partial charge in [0.25, 0.3) is 0 Å². The fourth-order valence-electron chi connectivity index (χ4n) is 1.17. The molecule has 3 nitrogen and oxygen atoms in total. The maximum absolute atomic E-state index is 9.26. The normalized spacial score (nSPS) is 10.0. The molecule has 0 amide bonds. The van der Waals surface area contributed by atoms with Crippen molar-refractivity contribution >= 4 is 0 Å². The van der Waals surface area contributed by atoms with Gasteiger partial charge in [-0.15, -0.1) is 0 Å². The molecule has 0 aliphatic carbocycles. The Balaban J connectivity index is 2.44. The Labute approximate surface area is 90.1 Å². The fourth-order valence-corrected chi connectivity index (χ4v) is 1.17. The molecule has 3 heteroatoms. The van der Waals surface area contributed by atoms with E-state index in [4.69, 9.17) is 5.11 Å². The topological polar surface area (TPSA) is 52.5 Å². The molecule has 1 aromatic rings. The van der Waals surface area contributed by atoms with E-state index in [0.29, 0.717) is 6.54 Å². The van der Waals surface area contributed by atoms with Gasteiger partial charge < -0.3 is 15.5 Å². The van der Waals surface area contributed by atoms with Crippen LogP contribution >= 0.6 is 0 Å². The quantitative estimate of drug-likeness (QED) is 0.403. The molecule has 3 N–H and O–H groups in total. The maximum atomic E-state index is 9.26. The van der Waals surface area contributed by atoms with Crippen LogP contribution < -0.4 is 5.32 Å². The molecule has 0 saturated heterocycles. The van der Waals surface area contributed by atoms with Crippen LogP contribution in [0.15, 0.2) is 29.8 Å². The van der Waals surface area contributed by atoms with E-state index < -0.39 is 0 Å². The molecule has 1 aromatic carbocycles. The van der Waals surface area contributed by atoms with Crippen molar-refractivity contribution < 1.29 is 10.2 Å². The summed E-state index contributed by atoms with van der Waals surface area (Å²) in [6, 6.07) is 4.84. The summed E-state index contributed by atoms with van der Waals surface area (Å²) in [6.45, 7) is 5.59. The highest BCUT2D eigenvalue weighted by atomic mass is 16.3. The first-order chi connectivity index (χ1) is 7.09. The maximum Gasteiger partial charge on any atom is 0.157 e. The molecule has 0 saturated carbocycles. The predicted molar refractivity (Wildman–Crippen MR) is 60.9 cm³/mol. The van der Waals surface area contributed by atoms with Crippen molar-refractivity contribution in [2.75, 3.05) is 6.54 Å². The Morgan fingerprint density at radius 2 is 2.00 bits per heavy atom. The van der Waals surface area contributed by atoms with Crippen LogP contribution in [0.3, 0.4) is 0 Å².